The Morgan fingerprint density at radius 2 is 1.77 bits per heavy atom. The largest absolute Gasteiger partial charge is 0.427 e. The first kappa shape index (κ1) is 16.2. The predicted octanol–water partition coefficient (Wildman–Crippen LogP) is 1.23. The van der Waals surface area contributed by atoms with Crippen LogP contribution >= 0.6 is 0 Å². The Labute approximate surface area is 128 Å². The summed E-state index contributed by atoms with van der Waals surface area (Å²) >= 11 is 0. The van der Waals surface area contributed by atoms with Gasteiger partial charge in [-0.05, 0) is 19.1 Å². The smallest absolute Gasteiger partial charge is 0.256 e. The maximum atomic E-state index is 12.2. The van der Waals surface area contributed by atoms with Gasteiger partial charge in [-0.25, -0.2) is 21.8 Å². The molecular weight excluding hydrogens is 328 g/mol. The Morgan fingerprint density at radius 1 is 1.18 bits per heavy atom. The lowest BCUT2D eigenvalue weighted by molar-refractivity contribution is 0.418. The summed E-state index contributed by atoms with van der Waals surface area (Å²) in [7, 11) is -7.54. The summed E-state index contributed by atoms with van der Waals surface area (Å²) in [4.78, 5) is 3.70. The van der Waals surface area contributed by atoms with Crippen LogP contribution in [0.25, 0.3) is 0 Å². The molecular formula is C13H12N2O5S2. The van der Waals surface area contributed by atoms with Crippen LogP contribution in [0, 0.1) is 18.3 Å². The van der Waals surface area contributed by atoms with Gasteiger partial charge in [-0.15, -0.1) is 0 Å². The summed E-state index contributed by atoms with van der Waals surface area (Å²) in [5.74, 6) is -0.960. The van der Waals surface area contributed by atoms with Crippen molar-refractivity contribution in [3.63, 3.8) is 0 Å². The minimum Gasteiger partial charge on any atom is -0.427 e. The highest BCUT2D eigenvalue weighted by Crippen LogP contribution is 2.21. The highest BCUT2D eigenvalue weighted by Gasteiger charge is 2.25. The van der Waals surface area contributed by atoms with Crippen molar-refractivity contribution >= 4 is 19.7 Å². The summed E-state index contributed by atoms with van der Waals surface area (Å²) in [5, 5.41) is 8.23. The maximum Gasteiger partial charge on any atom is 0.256 e. The number of aromatic nitrogens is 1. The molecule has 9 heteroatoms. The molecule has 0 aliphatic carbocycles. The van der Waals surface area contributed by atoms with Crippen LogP contribution < -0.4 is 0 Å². The molecule has 1 aromatic carbocycles. The molecule has 2 aromatic rings. The van der Waals surface area contributed by atoms with E-state index in [2.05, 4.69) is 4.98 Å². The third-order valence-electron chi connectivity index (χ3n) is 2.78. The number of hydrogen-bond donors (Lipinski definition) is 0. The molecule has 1 aromatic heterocycles. The number of nitrogens with zero attached hydrogens (tertiary/aromatic N) is 2. The van der Waals surface area contributed by atoms with E-state index in [1.807, 2.05) is 6.92 Å². The fourth-order valence-corrected chi connectivity index (χ4v) is 3.58. The summed E-state index contributed by atoms with van der Waals surface area (Å²) in [6, 6.07) is 7.75. The third kappa shape index (κ3) is 3.35. The van der Waals surface area contributed by atoms with E-state index in [-0.39, 0.29) is 10.8 Å². The van der Waals surface area contributed by atoms with E-state index in [1.165, 1.54) is 12.1 Å². The van der Waals surface area contributed by atoms with Crippen LogP contribution in [0.15, 0.2) is 38.7 Å². The van der Waals surface area contributed by atoms with Crippen molar-refractivity contribution in [2.45, 2.75) is 22.7 Å². The Hall–Kier alpha value is -2.18. The molecule has 0 saturated carbocycles. The van der Waals surface area contributed by atoms with Gasteiger partial charge in [0.15, 0.2) is 15.5 Å². The Balaban J connectivity index is 2.41. The van der Waals surface area contributed by atoms with Gasteiger partial charge in [0.05, 0.1) is 4.90 Å². The van der Waals surface area contributed by atoms with Crippen molar-refractivity contribution in [3.8, 4) is 6.07 Å². The number of sulfone groups is 2. The number of rotatable bonds is 4. The lowest BCUT2D eigenvalue weighted by Gasteiger charge is -2.02. The van der Waals surface area contributed by atoms with Crippen LogP contribution in [-0.4, -0.2) is 28.1 Å². The molecule has 2 rings (SSSR count). The summed E-state index contributed by atoms with van der Waals surface area (Å²) in [6.45, 7) is 1.82. The van der Waals surface area contributed by atoms with E-state index in [0.717, 1.165) is 11.8 Å². The first-order chi connectivity index (χ1) is 10.1. The molecule has 22 heavy (non-hydrogen) atoms. The van der Waals surface area contributed by atoms with Gasteiger partial charge in [-0.2, -0.15) is 5.26 Å². The second-order valence-electron chi connectivity index (χ2n) is 4.70. The van der Waals surface area contributed by atoms with Gasteiger partial charge >= 0.3 is 0 Å². The highest BCUT2D eigenvalue weighted by molar-refractivity contribution is 7.91. The van der Waals surface area contributed by atoms with E-state index in [9.17, 15) is 16.8 Å². The van der Waals surface area contributed by atoms with Crippen molar-refractivity contribution in [1.82, 2.24) is 4.98 Å². The van der Waals surface area contributed by atoms with E-state index in [0.29, 0.717) is 0 Å². The van der Waals surface area contributed by atoms with Gasteiger partial charge in [0.1, 0.15) is 11.8 Å². The molecule has 7 nitrogen and oxygen atoms in total. The van der Waals surface area contributed by atoms with Gasteiger partial charge in [-0.1, -0.05) is 17.7 Å². The summed E-state index contributed by atoms with van der Waals surface area (Å²) < 4.78 is 52.4. The van der Waals surface area contributed by atoms with Crippen LogP contribution in [0.3, 0.4) is 0 Å². The topological polar surface area (TPSA) is 118 Å². The van der Waals surface area contributed by atoms with E-state index < -0.39 is 36.2 Å². The Bertz CT molecular complexity index is 949. The van der Waals surface area contributed by atoms with Gasteiger partial charge < -0.3 is 4.42 Å². The zero-order valence-corrected chi connectivity index (χ0v) is 13.4. The first-order valence-corrected chi connectivity index (χ1v) is 9.57. The summed E-state index contributed by atoms with van der Waals surface area (Å²) in [5.41, 5.74) is 0.456. The second kappa shape index (κ2) is 5.55. The number of hydrogen-bond acceptors (Lipinski definition) is 7. The van der Waals surface area contributed by atoms with Crippen LogP contribution in [-0.2, 0) is 25.4 Å². The van der Waals surface area contributed by atoms with Crippen molar-refractivity contribution < 1.29 is 21.3 Å². The third-order valence-corrected chi connectivity index (χ3v) is 5.34. The van der Waals surface area contributed by atoms with Crippen molar-refractivity contribution in [3.05, 3.63) is 41.4 Å². The Morgan fingerprint density at radius 3 is 2.23 bits per heavy atom. The molecule has 0 bridgehead atoms. The SMILES string of the molecule is Cc1ccc(S(=O)(=O)Cc2nc(C#N)c(S(C)(=O)=O)o2)cc1. The first-order valence-electron chi connectivity index (χ1n) is 6.03. The maximum absolute atomic E-state index is 12.2. The quantitative estimate of drug-likeness (QED) is 0.821. The minimum absolute atomic E-state index is 0.0655. The van der Waals surface area contributed by atoms with E-state index in [1.54, 1.807) is 18.2 Å². The van der Waals surface area contributed by atoms with Crippen molar-refractivity contribution in [2.75, 3.05) is 6.26 Å². The molecule has 116 valence electrons. The molecule has 0 amide bonds. The number of nitriles is 1. The molecule has 0 radical (unpaired) electrons. The molecule has 0 N–H and O–H groups in total. The fraction of sp³-hybridized carbons (Fsp3) is 0.231. The van der Waals surface area contributed by atoms with Gasteiger partial charge in [0.25, 0.3) is 5.09 Å². The molecule has 1 heterocycles. The van der Waals surface area contributed by atoms with Crippen molar-refractivity contribution in [2.24, 2.45) is 0 Å². The fourth-order valence-electron chi connectivity index (χ4n) is 1.72. The highest BCUT2D eigenvalue weighted by atomic mass is 32.2. The van der Waals surface area contributed by atoms with Gasteiger partial charge in [-0.3, -0.25) is 0 Å². The lowest BCUT2D eigenvalue weighted by atomic mass is 10.2. The number of aryl methyl sites for hydroxylation is 1. The predicted molar refractivity (Wildman–Crippen MR) is 76.4 cm³/mol. The second-order valence-corrected chi connectivity index (χ2v) is 8.60. The molecule has 0 atom stereocenters. The zero-order chi connectivity index (χ0) is 16.5. The molecule has 0 fully saturated rings. The number of benzene rings is 1. The minimum atomic E-state index is -3.80. The number of oxazole rings is 1. The molecule has 0 saturated heterocycles. The average molecular weight is 340 g/mol. The van der Waals surface area contributed by atoms with Gasteiger partial charge in [0.2, 0.25) is 15.7 Å². The molecule has 0 aliphatic heterocycles. The van der Waals surface area contributed by atoms with E-state index in [4.69, 9.17) is 9.68 Å². The summed E-state index contributed by atoms with van der Waals surface area (Å²) in [6.07, 6.45) is 0.854. The normalized spacial score (nSPS) is 12.0. The monoisotopic (exact) mass is 340 g/mol. The average Bonchev–Trinajstić information content (AvgIpc) is 2.81. The Kier molecular flexibility index (Phi) is 4.08. The standard InChI is InChI=1S/C13H12N2O5S2/c1-9-3-5-10(6-4-9)22(18,19)8-12-15-11(7-14)13(20-12)21(2,16)17/h3-6H,8H2,1-2H3. The lowest BCUT2D eigenvalue weighted by Crippen LogP contribution is -2.05. The zero-order valence-electron chi connectivity index (χ0n) is 11.8. The van der Waals surface area contributed by atoms with Crippen LogP contribution in [0.1, 0.15) is 17.1 Å². The van der Waals surface area contributed by atoms with Crippen LogP contribution in [0.4, 0.5) is 0 Å². The molecule has 0 spiro atoms. The molecule has 0 unspecified atom stereocenters. The van der Waals surface area contributed by atoms with E-state index >= 15 is 0 Å². The molecule has 0 aliphatic rings. The van der Waals surface area contributed by atoms with Crippen LogP contribution in [0.2, 0.25) is 0 Å². The van der Waals surface area contributed by atoms with Crippen LogP contribution in [0.5, 0.6) is 0 Å². The van der Waals surface area contributed by atoms with Gasteiger partial charge in [0, 0.05) is 6.26 Å². The van der Waals surface area contributed by atoms with Crippen molar-refractivity contribution in [1.29, 1.82) is 5.26 Å².